The van der Waals surface area contributed by atoms with Crippen LogP contribution in [0.3, 0.4) is 0 Å². The average Bonchev–Trinajstić information content (AvgIpc) is 2.61. The van der Waals surface area contributed by atoms with Gasteiger partial charge in [-0.25, -0.2) is 5.43 Å². The van der Waals surface area contributed by atoms with E-state index in [-0.39, 0.29) is 29.7 Å². The molecule has 0 aliphatic heterocycles. The first-order chi connectivity index (χ1) is 13.3. The molecule has 1 fully saturated rings. The first-order valence-electron chi connectivity index (χ1n) is 10.5. The number of hydrogen-bond donors (Lipinski definition) is 2. The van der Waals surface area contributed by atoms with Crippen LogP contribution in [0, 0.1) is 0 Å². The van der Waals surface area contributed by atoms with Crippen molar-refractivity contribution in [2.75, 3.05) is 0 Å². The predicted octanol–water partition coefficient (Wildman–Crippen LogP) is 4.71. The Hall–Kier alpha value is -2.17. The third-order valence-electron chi connectivity index (χ3n) is 5.25. The molecule has 0 unspecified atom stereocenters. The Labute approximate surface area is 169 Å². The highest BCUT2D eigenvalue weighted by Crippen LogP contribution is 2.22. The molecule has 2 amide bonds. The molecule has 154 valence electrons. The van der Waals surface area contributed by atoms with Gasteiger partial charge in [0.05, 0.1) is 6.42 Å². The lowest BCUT2D eigenvalue weighted by atomic mass is 9.87. The van der Waals surface area contributed by atoms with E-state index in [9.17, 15) is 9.59 Å². The van der Waals surface area contributed by atoms with Crippen molar-refractivity contribution in [3.05, 3.63) is 35.4 Å². The maximum absolute atomic E-state index is 12.3. The van der Waals surface area contributed by atoms with E-state index >= 15 is 0 Å². The number of carbonyl (C=O) groups is 2. The van der Waals surface area contributed by atoms with Crippen LogP contribution in [0.4, 0.5) is 0 Å². The molecule has 28 heavy (non-hydrogen) atoms. The van der Waals surface area contributed by atoms with Crippen LogP contribution < -0.4 is 10.7 Å². The van der Waals surface area contributed by atoms with E-state index in [1.165, 1.54) is 37.7 Å². The van der Waals surface area contributed by atoms with Crippen LogP contribution in [0.1, 0.15) is 95.0 Å². The second-order valence-corrected chi connectivity index (χ2v) is 8.90. The summed E-state index contributed by atoms with van der Waals surface area (Å²) in [5.41, 5.74) is 4.94. The molecule has 0 aromatic heterocycles. The summed E-state index contributed by atoms with van der Waals surface area (Å²) in [7, 11) is 0. The summed E-state index contributed by atoms with van der Waals surface area (Å²) in [5.74, 6) is -0.282. The Morgan fingerprint density at radius 2 is 1.57 bits per heavy atom. The largest absolute Gasteiger partial charge is 0.353 e. The highest BCUT2D eigenvalue weighted by Gasteiger charge is 2.16. The monoisotopic (exact) mass is 385 g/mol. The molecule has 0 bridgehead atoms. The third kappa shape index (κ3) is 7.45. The number of hydrogen-bond acceptors (Lipinski definition) is 3. The van der Waals surface area contributed by atoms with Gasteiger partial charge in [0.25, 0.3) is 5.91 Å². The van der Waals surface area contributed by atoms with E-state index in [1.807, 2.05) is 24.3 Å². The lowest BCUT2D eigenvalue weighted by Crippen LogP contribution is -2.36. The second kappa shape index (κ2) is 10.4. The van der Waals surface area contributed by atoms with E-state index in [2.05, 4.69) is 36.6 Å². The average molecular weight is 386 g/mol. The second-order valence-electron chi connectivity index (χ2n) is 8.90. The molecule has 2 N–H and O–H groups in total. The van der Waals surface area contributed by atoms with Crippen LogP contribution in [0.25, 0.3) is 0 Å². The Balaban J connectivity index is 1.82. The number of hydrazone groups is 1. The molecule has 0 saturated heterocycles. The summed E-state index contributed by atoms with van der Waals surface area (Å²) in [6, 6.07) is 7.82. The van der Waals surface area contributed by atoms with Crippen molar-refractivity contribution >= 4 is 17.5 Å². The van der Waals surface area contributed by atoms with Gasteiger partial charge in [0, 0.05) is 17.3 Å². The number of rotatable bonds is 5. The summed E-state index contributed by atoms with van der Waals surface area (Å²) in [4.78, 5) is 24.5. The number of nitrogens with zero attached hydrogens (tertiary/aromatic N) is 1. The normalized spacial score (nSPS) is 16.8. The first-order valence-corrected chi connectivity index (χ1v) is 10.5. The lowest BCUT2D eigenvalue weighted by Gasteiger charge is -2.21. The van der Waals surface area contributed by atoms with Gasteiger partial charge in [-0.3, -0.25) is 9.59 Å². The van der Waals surface area contributed by atoms with Gasteiger partial charge in [0.1, 0.15) is 0 Å². The zero-order valence-electron chi connectivity index (χ0n) is 17.8. The molecule has 0 heterocycles. The standard InChI is InChI=1S/C23H35N3O2/c1-17(16-21(27)24-20-10-8-6-5-7-9-11-20)25-26-22(28)18-12-14-19(15-13-18)23(2,3)4/h12-15,20H,5-11,16H2,1-4H3,(H,24,27)(H,26,28)/b25-17-. The van der Waals surface area contributed by atoms with Gasteiger partial charge in [-0.05, 0) is 42.9 Å². The Kier molecular flexibility index (Phi) is 8.21. The fourth-order valence-corrected chi connectivity index (χ4v) is 3.48. The molecule has 1 aliphatic rings. The summed E-state index contributed by atoms with van der Waals surface area (Å²) in [5, 5.41) is 7.22. The fraction of sp³-hybridized carbons (Fsp3) is 0.609. The topological polar surface area (TPSA) is 70.6 Å². The Morgan fingerprint density at radius 1 is 1.00 bits per heavy atom. The summed E-state index contributed by atoms with van der Waals surface area (Å²) < 4.78 is 0. The molecule has 1 saturated carbocycles. The van der Waals surface area contributed by atoms with Crippen LogP contribution in [0.15, 0.2) is 29.4 Å². The van der Waals surface area contributed by atoms with E-state index in [4.69, 9.17) is 0 Å². The number of benzene rings is 1. The van der Waals surface area contributed by atoms with Crippen molar-refractivity contribution in [3.8, 4) is 0 Å². The van der Waals surface area contributed by atoms with Gasteiger partial charge in [0.2, 0.25) is 5.91 Å². The van der Waals surface area contributed by atoms with Crippen molar-refractivity contribution < 1.29 is 9.59 Å². The maximum atomic E-state index is 12.3. The third-order valence-corrected chi connectivity index (χ3v) is 5.25. The van der Waals surface area contributed by atoms with Crippen molar-refractivity contribution in [2.45, 2.75) is 90.5 Å². The van der Waals surface area contributed by atoms with Crippen molar-refractivity contribution in [2.24, 2.45) is 5.10 Å². The van der Waals surface area contributed by atoms with E-state index in [0.717, 1.165) is 12.8 Å². The number of carbonyl (C=O) groups excluding carboxylic acids is 2. The molecule has 0 atom stereocenters. The van der Waals surface area contributed by atoms with Gasteiger partial charge >= 0.3 is 0 Å². The minimum Gasteiger partial charge on any atom is -0.353 e. The molecule has 1 aromatic rings. The summed E-state index contributed by atoms with van der Waals surface area (Å²) in [6.07, 6.45) is 8.52. The highest BCUT2D eigenvalue weighted by atomic mass is 16.2. The fourth-order valence-electron chi connectivity index (χ4n) is 3.48. The summed E-state index contributed by atoms with van der Waals surface area (Å²) >= 11 is 0. The van der Waals surface area contributed by atoms with Crippen molar-refractivity contribution in [3.63, 3.8) is 0 Å². The van der Waals surface area contributed by atoms with Gasteiger partial charge in [-0.2, -0.15) is 5.10 Å². The quantitative estimate of drug-likeness (QED) is 0.569. The molecule has 0 radical (unpaired) electrons. The van der Waals surface area contributed by atoms with Gasteiger partial charge in [0.15, 0.2) is 0 Å². The van der Waals surface area contributed by atoms with Crippen LogP contribution in [-0.2, 0) is 10.2 Å². The Bertz CT molecular complexity index is 679. The summed E-state index contributed by atoms with van der Waals surface area (Å²) in [6.45, 7) is 8.17. The van der Waals surface area contributed by atoms with Gasteiger partial charge < -0.3 is 5.32 Å². The number of nitrogens with one attached hydrogen (secondary N) is 2. The van der Waals surface area contributed by atoms with E-state index in [0.29, 0.717) is 11.3 Å². The van der Waals surface area contributed by atoms with Crippen LogP contribution >= 0.6 is 0 Å². The van der Waals surface area contributed by atoms with Crippen LogP contribution in [0.5, 0.6) is 0 Å². The van der Waals surface area contributed by atoms with Crippen molar-refractivity contribution in [1.82, 2.24) is 10.7 Å². The molecular formula is C23H35N3O2. The molecule has 1 aromatic carbocycles. The highest BCUT2D eigenvalue weighted by molar-refractivity contribution is 6.01. The van der Waals surface area contributed by atoms with Crippen LogP contribution in [-0.4, -0.2) is 23.6 Å². The minimum atomic E-state index is -0.264. The van der Waals surface area contributed by atoms with Crippen LogP contribution in [0.2, 0.25) is 0 Å². The molecule has 5 heteroatoms. The zero-order chi connectivity index (χ0) is 20.6. The molecule has 5 nitrogen and oxygen atoms in total. The minimum absolute atomic E-state index is 0.0180. The molecular weight excluding hydrogens is 350 g/mol. The predicted molar refractivity (Wildman–Crippen MR) is 115 cm³/mol. The zero-order valence-corrected chi connectivity index (χ0v) is 17.8. The first kappa shape index (κ1) is 22.1. The Morgan fingerprint density at radius 3 is 2.14 bits per heavy atom. The number of amides is 2. The van der Waals surface area contributed by atoms with E-state index < -0.39 is 0 Å². The lowest BCUT2D eigenvalue weighted by molar-refractivity contribution is -0.120. The van der Waals surface area contributed by atoms with Gasteiger partial charge in [-0.15, -0.1) is 0 Å². The van der Waals surface area contributed by atoms with E-state index in [1.54, 1.807) is 6.92 Å². The smallest absolute Gasteiger partial charge is 0.271 e. The maximum Gasteiger partial charge on any atom is 0.271 e. The molecule has 0 spiro atoms. The molecule has 2 rings (SSSR count). The van der Waals surface area contributed by atoms with Crippen molar-refractivity contribution in [1.29, 1.82) is 0 Å². The SMILES string of the molecule is C/C(CC(=O)NC1CCCCCCC1)=N/NC(=O)c1ccc(C(C)(C)C)cc1. The van der Waals surface area contributed by atoms with Gasteiger partial charge in [-0.1, -0.05) is 65.0 Å². The molecule has 1 aliphatic carbocycles.